The van der Waals surface area contributed by atoms with E-state index < -0.39 is 12.1 Å². The zero-order chi connectivity index (χ0) is 40.7. The molecule has 0 radical (unpaired) electrons. The lowest BCUT2D eigenvalue weighted by Gasteiger charge is -2.19. The van der Waals surface area contributed by atoms with Gasteiger partial charge in [0.25, 0.3) is 0 Å². The van der Waals surface area contributed by atoms with Crippen LogP contribution >= 0.6 is 0 Å². The van der Waals surface area contributed by atoms with Gasteiger partial charge in [0.1, 0.15) is 0 Å². The van der Waals surface area contributed by atoms with E-state index in [1.165, 1.54) is 109 Å². The molecule has 0 spiro atoms. The fourth-order valence-electron chi connectivity index (χ4n) is 6.49. The van der Waals surface area contributed by atoms with Gasteiger partial charge in [-0.1, -0.05) is 214 Å². The van der Waals surface area contributed by atoms with E-state index in [-0.39, 0.29) is 12.5 Å². The Morgan fingerprint density at radius 3 is 1.25 bits per heavy atom. The number of carbonyl (C=O) groups is 1. The summed E-state index contributed by atoms with van der Waals surface area (Å²) in [6.45, 7) is 4.16. The van der Waals surface area contributed by atoms with Crippen LogP contribution in [0.25, 0.3) is 0 Å². The first-order chi connectivity index (χ1) is 27.7. The van der Waals surface area contributed by atoms with Crippen molar-refractivity contribution in [2.45, 2.75) is 219 Å². The quantitative estimate of drug-likeness (QED) is 0.0428. The minimum Gasteiger partial charge on any atom is -0.394 e. The molecule has 0 aromatic rings. The Balaban J connectivity index is 3.71. The first-order valence-corrected chi connectivity index (χ1v) is 23.5. The van der Waals surface area contributed by atoms with E-state index in [2.05, 4.69) is 104 Å². The van der Waals surface area contributed by atoms with Crippen LogP contribution in [0.3, 0.4) is 0 Å². The number of aliphatic hydroxyl groups is 2. The fraction of sp³-hybridized carbons (Fsp3) is 0.673. The third-order valence-corrected chi connectivity index (χ3v) is 10.1. The van der Waals surface area contributed by atoms with Crippen molar-refractivity contribution in [2.24, 2.45) is 0 Å². The number of hydrogen-bond acceptors (Lipinski definition) is 3. The lowest BCUT2D eigenvalue weighted by atomic mass is 10.0. The summed E-state index contributed by atoms with van der Waals surface area (Å²) < 4.78 is 0. The van der Waals surface area contributed by atoms with Crippen LogP contribution in [-0.4, -0.2) is 34.9 Å². The van der Waals surface area contributed by atoms with Crippen molar-refractivity contribution in [3.05, 3.63) is 97.2 Å². The molecule has 0 aromatic heterocycles. The van der Waals surface area contributed by atoms with Gasteiger partial charge in [-0.05, 0) is 83.5 Å². The highest BCUT2D eigenvalue weighted by atomic mass is 16.3. The van der Waals surface area contributed by atoms with E-state index in [0.717, 1.165) is 77.0 Å². The Morgan fingerprint density at radius 1 is 0.446 bits per heavy atom. The zero-order valence-electron chi connectivity index (χ0n) is 36.6. The van der Waals surface area contributed by atoms with Crippen LogP contribution in [0.1, 0.15) is 206 Å². The van der Waals surface area contributed by atoms with Gasteiger partial charge in [-0.2, -0.15) is 0 Å². The van der Waals surface area contributed by atoms with E-state index in [0.29, 0.717) is 6.42 Å². The summed E-state index contributed by atoms with van der Waals surface area (Å²) in [5, 5.41) is 23.0. The number of unbranched alkanes of at least 4 members (excludes halogenated alkanes) is 20. The highest BCUT2D eigenvalue weighted by Gasteiger charge is 2.17. The SMILES string of the molecule is CC/C=C\C/C=C\C/C=C\C/C=C\C/C=C\C/C=C\CCCCC(=O)NC(CO)C(O)/C=C/CC/C=C/CCCCCCCCCCCCCCCCCCC. The van der Waals surface area contributed by atoms with E-state index >= 15 is 0 Å². The van der Waals surface area contributed by atoms with Crippen molar-refractivity contribution in [2.75, 3.05) is 6.61 Å². The average molecular weight is 776 g/mol. The molecule has 0 fully saturated rings. The van der Waals surface area contributed by atoms with E-state index in [1.807, 2.05) is 6.08 Å². The number of nitrogens with one attached hydrogen (secondary N) is 1. The molecule has 0 rings (SSSR count). The summed E-state index contributed by atoms with van der Waals surface area (Å²) in [4.78, 5) is 12.4. The molecule has 4 heteroatoms. The third kappa shape index (κ3) is 42.5. The number of aliphatic hydroxyl groups excluding tert-OH is 2. The maximum Gasteiger partial charge on any atom is 0.220 e. The molecule has 56 heavy (non-hydrogen) atoms. The second-order valence-electron chi connectivity index (χ2n) is 15.4. The van der Waals surface area contributed by atoms with Crippen molar-refractivity contribution in [1.82, 2.24) is 5.32 Å². The molecule has 1 amide bonds. The second kappa shape index (κ2) is 46.7. The zero-order valence-corrected chi connectivity index (χ0v) is 36.6. The lowest BCUT2D eigenvalue weighted by molar-refractivity contribution is -0.123. The maximum atomic E-state index is 12.4. The number of hydrogen-bond donors (Lipinski definition) is 3. The van der Waals surface area contributed by atoms with Gasteiger partial charge in [0.15, 0.2) is 0 Å². The number of amides is 1. The molecule has 3 N–H and O–H groups in total. The van der Waals surface area contributed by atoms with Crippen molar-refractivity contribution >= 4 is 5.91 Å². The topological polar surface area (TPSA) is 69.6 Å². The number of carbonyl (C=O) groups excluding carboxylic acids is 1. The molecule has 0 aromatic carbocycles. The molecular formula is C52H89NO3. The van der Waals surface area contributed by atoms with Crippen LogP contribution in [0.5, 0.6) is 0 Å². The van der Waals surface area contributed by atoms with Crippen molar-refractivity contribution in [3.63, 3.8) is 0 Å². The van der Waals surface area contributed by atoms with Gasteiger partial charge in [0, 0.05) is 6.42 Å². The van der Waals surface area contributed by atoms with E-state index in [9.17, 15) is 15.0 Å². The Labute approximate surface area is 347 Å². The molecule has 4 nitrogen and oxygen atoms in total. The van der Waals surface area contributed by atoms with Crippen LogP contribution in [0, 0.1) is 0 Å². The summed E-state index contributed by atoms with van der Waals surface area (Å²) in [7, 11) is 0. The molecule has 0 saturated heterocycles. The molecule has 0 aliphatic carbocycles. The molecule has 0 bridgehead atoms. The van der Waals surface area contributed by atoms with Crippen LogP contribution in [0.15, 0.2) is 97.2 Å². The van der Waals surface area contributed by atoms with Gasteiger partial charge in [-0.3, -0.25) is 4.79 Å². The molecule has 0 aliphatic heterocycles. The summed E-state index contributed by atoms with van der Waals surface area (Å²) >= 11 is 0. The Morgan fingerprint density at radius 2 is 0.804 bits per heavy atom. The van der Waals surface area contributed by atoms with Crippen molar-refractivity contribution in [3.8, 4) is 0 Å². The number of allylic oxidation sites excluding steroid dienone is 15. The van der Waals surface area contributed by atoms with Crippen molar-refractivity contribution in [1.29, 1.82) is 0 Å². The van der Waals surface area contributed by atoms with Crippen LogP contribution in [-0.2, 0) is 4.79 Å². The lowest BCUT2D eigenvalue weighted by Crippen LogP contribution is -2.45. The minimum atomic E-state index is -0.887. The second-order valence-corrected chi connectivity index (χ2v) is 15.4. The average Bonchev–Trinajstić information content (AvgIpc) is 3.20. The minimum absolute atomic E-state index is 0.119. The largest absolute Gasteiger partial charge is 0.394 e. The van der Waals surface area contributed by atoms with Gasteiger partial charge in [-0.25, -0.2) is 0 Å². The summed E-state index contributed by atoms with van der Waals surface area (Å²) in [6.07, 6.45) is 69.6. The maximum absolute atomic E-state index is 12.4. The van der Waals surface area contributed by atoms with Gasteiger partial charge in [-0.15, -0.1) is 0 Å². The third-order valence-electron chi connectivity index (χ3n) is 10.1. The molecular weight excluding hydrogens is 687 g/mol. The Hall–Kier alpha value is -2.69. The van der Waals surface area contributed by atoms with Gasteiger partial charge >= 0.3 is 0 Å². The van der Waals surface area contributed by atoms with Gasteiger partial charge < -0.3 is 15.5 Å². The Kier molecular flexibility index (Phi) is 44.4. The summed E-state index contributed by atoms with van der Waals surface area (Å²) in [6, 6.07) is -0.669. The summed E-state index contributed by atoms with van der Waals surface area (Å²) in [5.41, 5.74) is 0. The van der Waals surface area contributed by atoms with E-state index in [1.54, 1.807) is 6.08 Å². The first-order valence-electron chi connectivity index (χ1n) is 23.5. The normalized spacial score (nSPS) is 13.9. The first kappa shape index (κ1) is 53.3. The molecule has 0 aliphatic rings. The predicted molar refractivity (Wildman–Crippen MR) is 248 cm³/mol. The molecule has 0 saturated carbocycles. The highest BCUT2D eigenvalue weighted by molar-refractivity contribution is 5.76. The van der Waals surface area contributed by atoms with Gasteiger partial charge in [0.05, 0.1) is 18.8 Å². The molecule has 320 valence electrons. The van der Waals surface area contributed by atoms with E-state index in [4.69, 9.17) is 0 Å². The predicted octanol–water partition coefficient (Wildman–Crippen LogP) is 15.0. The molecule has 0 heterocycles. The Bertz CT molecular complexity index is 1060. The number of rotatable bonds is 41. The molecule has 2 atom stereocenters. The van der Waals surface area contributed by atoms with Gasteiger partial charge in [0.2, 0.25) is 5.91 Å². The van der Waals surface area contributed by atoms with Crippen LogP contribution in [0.2, 0.25) is 0 Å². The van der Waals surface area contributed by atoms with Crippen molar-refractivity contribution < 1.29 is 15.0 Å². The smallest absolute Gasteiger partial charge is 0.220 e. The van der Waals surface area contributed by atoms with Crippen LogP contribution in [0.4, 0.5) is 0 Å². The fourth-order valence-corrected chi connectivity index (χ4v) is 6.49. The summed E-state index contributed by atoms with van der Waals surface area (Å²) in [5.74, 6) is -0.119. The molecule has 2 unspecified atom stereocenters. The standard InChI is InChI=1S/C52H89NO3/c1-3-5-7-9-11-13-15-17-19-21-23-25-26-28-29-31-33-35-37-39-41-43-45-47-51(55)50(49-54)53-52(56)48-46-44-42-40-38-36-34-32-30-27-24-22-20-18-16-14-12-10-8-6-4-2/h6,8,12,14,18,20,24,27,32,34,37-40,45,47,50-51,54-55H,3-5,7,9-11,13,15-17,19,21-23,25-26,28-31,33,35-36,41-44,46,48-49H2,1-2H3,(H,53,56)/b8-6-,14-12-,20-18-,27-24-,34-32-,39-37+,40-38-,47-45+. The van der Waals surface area contributed by atoms with Crippen LogP contribution < -0.4 is 5.32 Å². The monoisotopic (exact) mass is 776 g/mol. The highest BCUT2D eigenvalue weighted by Crippen LogP contribution is 2.15.